The van der Waals surface area contributed by atoms with Crippen molar-refractivity contribution in [2.45, 2.75) is 57.3 Å². The van der Waals surface area contributed by atoms with Crippen LogP contribution in [-0.2, 0) is 19.1 Å². The van der Waals surface area contributed by atoms with Crippen LogP contribution < -0.4 is 5.43 Å². The van der Waals surface area contributed by atoms with E-state index in [1.807, 2.05) is 0 Å². The van der Waals surface area contributed by atoms with E-state index in [0.29, 0.717) is 25.2 Å². The van der Waals surface area contributed by atoms with Crippen molar-refractivity contribution in [3.05, 3.63) is 0 Å². The molecule has 2 saturated carbocycles. The molecule has 3 N–H and O–H groups in total. The molecule has 10 nitrogen and oxygen atoms in total. The summed E-state index contributed by atoms with van der Waals surface area (Å²) in [6, 6.07) is 0. The number of aliphatic hydroxyl groups excluding tert-OH is 2. The summed E-state index contributed by atoms with van der Waals surface area (Å²) >= 11 is 0. The first-order valence-corrected chi connectivity index (χ1v) is 10.7. The predicted octanol–water partition coefficient (Wildman–Crippen LogP) is 0.0204. The van der Waals surface area contributed by atoms with Crippen molar-refractivity contribution in [3.8, 4) is 0 Å². The monoisotopic (exact) mass is 423 g/mol. The number of aliphatic hydroxyl groups is 2. The Morgan fingerprint density at radius 1 is 1.23 bits per heavy atom. The van der Waals surface area contributed by atoms with Gasteiger partial charge in [-0.25, -0.2) is 10.2 Å². The van der Waals surface area contributed by atoms with Gasteiger partial charge in [0.25, 0.3) is 0 Å². The van der Waals surface area contributed by atoms with E-state index in [1.165, 1.54) is 4.90 Å². The fourth-order valence-electron chi connectivity index (χ4n) is 5.52. The van der Waals surface area contributed by atoms with Crippen molar-refractivity contribution in [1.82, 2.24) is 10.3 Å². The summed E-state index contributed by atoms with van der Waals surface area (Å²) in [7, 11) is 0. The fraction of sp³-hybridized carbons (Fsp3) is 0.800. The molecule has 4 fully saturated rings. The average Bonchev–Trinajstić information content (AvgIpc) is 3.32. The van der Waals surface area contributed by atoms with Gasteiger partial charge in [0, 0.05) is 30.6 Å². The average molecular weight is 423 g/mol. The highest BCUT2D eigenvalue weighted by atomic mass is 16.5. The van der Waals surface area contributed by atoms with Crippen LogP contribution >= 0.6 is 0 Å². The van der Waals surface area contributed by atoms with E-state index in [2.05, 4.69) is 10.5 Å². The van der Waals surface area contributed by atoms with Gasteiger partial charge in [-0.05, 0) is 32.6 Å². The van der Waals surface area contributed by atoms with Gasteiger partial charge in [0.05, 0.1) is 43.3 Å². The number of likely N-dealkylation sites (tertiary alicyclic amines) is 1. The van der Waals surface area contributed by atoms with E-state index in [1.54, 1.807) is 6.92 Å². The van der Waals surface area contributed by atoms with Gasteiger partial charge in [0.15, 0.2) is 0 Å². The summed E-state index contributed by atoms with van der Waals surface area (Å²) in [6.07, 6.45) is -0.231. The van der Waals surface area contributed by atoms with Crippen LogP contribution in [0.1, 0.15) is 39.0 Å². The number of carbonyl (C=O) groups excluding carboxylic acids is 3. The minimum absolute atomic E-state index is 0.0912. The molecule has 0 bridgehead atoms. The third-order valence-corrected chi connectivity index (χ3v) is 6.85. The van der Waals surface area contributed by atoms with Crippen LogP contribution in [0, 0.1) is 23.7 Å². The zero-order valence-corrected chi connectivity index (χ0v) is 17.0. The molecule has 2 saturated heterocycles. The highest BCUT2D eigenvalue weighted by Crippen LogP contribution is 2.49. The van der Waals surface area contributed by atoms with Gasteiger partial charge in [-0.2, -0.15) is 5.10 Å². The van der Waals surface area contributed by atoms with Crippen LogP contribution in [0.4, 0.5) is 4.79 Å². The highest BCUT2D eigenvalue weighted by Gasteiger charge is 2.59. The largest absolute Gasteiger partial charge is 0.449 e. The number of amides is 3. The number of ether oxygens (including phenoxy) is 2. The Hall–Kier alpha value is -2.04. The molecule has 0 aromatic carbocycles. The molecule has 4 aliphatic rings. The zero-order chi connectivity index (χ0) is 21.4. The Balaban J connectivity index is 1.56. The van der Waals surface area contributed by atoms with Crippen LogP contribution in [0.15, 0.2) is 5.10 Å². The predicted molar refractivity (Wildman–Crippen MR) is 103 cm³/mol. The smallest absolute Gasteiger partial charge is 0.427 e. The molecule has 30 heavy (non-hydrogen) atoms. The number of carbonyl (C=O) groups is 3. The number of nitrogens with zero attached hydrogens (tertiary/aromatic N) is 2. The molecule has 0 unspecified atom stereocenters. The summed E-state index contributed by atoms with van der Waals surface area (Å²) in [5.41, 5.74) is 2.83. The second-order valence-corrected chi connectivity index (χ2v) is 8.51. The second kappa shape index (κ2) is 8.60. The maximum Gasteiger partial charge on any atom is 0.427 e. The van der Waals surface area contributed by atoms with Crippen molar-refractivity contribution in [2.24, 2.45) is 28.8 Å². The Labute approximate surface area is 174 Å². The molecular formula is C20H29N3O7. The summed E-state index contributed by atoms with van der Waals surface area (Å²) in [4.78, 5) is 39.1. The summed E-state index contributed by atoms with van der Waals surface area (Å²) < 4.78 is 10.4. The molecule has 3 amide bonds. The molecule has 0 radical (unpaired) electrons. The Morgan fingerprint density at radius 2 is 2.00 bits per heavy atom. The molecule has 4 rings (SSSR count). The molecule has 0 aromatic rings. The van der Waals surface area contributed by atoms with Crippen LogP contribution in [0.3, 0.4) is 0 Å². The van der Waals surface area contributed by atoms with Gasteiger partial charge in [0.1, 0.15) is 0 Å². The lowest BCUT2D eigenvalue weighted by atomic mass is 9.60. The number of hydrazone groups is 1. The van der Waals surface area contributed by atoms with Crippen LogP contribution in [0.25, 0.3) is 0 Å². The number of imide groups is 1. The number of rotatable bonds is 4. The second-order valence-electron chi connectivity index (χ2n) is 8.51. The van der Waals surface area contributed by atoms with Crippen molar-refractivity contribution < 1.29 is 34.1 Å². The Kier molecular flexibility index (Phi) is 6.08. The van der Waals surface area contributed by atoms with Crippen molar-refractivity contribution in [3.63, 3.8) is 0 Å². The molecular weight excluding hydrogens is 394 g/mol. The van der Waals surface area contributed by atoms with Gasteiger partial charge >= 0.3 is 6.09 Å². The fourth-order valence-corrected chi connectivity index (χ4v) is 5.52. The SMILES string of the molecule is CCOC(=O)N/N=C1\C[C@@H](O)[C@@H](O)[C@@H]2[C@@H]3C(=O)N(C[C@@H]4CCCO4)C(=O)[C@@H]3CC[C@H]12. The third-order valence-electron chi connectivity index (χ3n) is 6.85. The summed E-state index contributed by atoms with van der Waals surface area (Å²) in [6.45, 7) is 2.75. The molecule has 166 valence electrons. The molecule has 2 heterocycles. The van der Waals surface area contributed by atoms with E-state index < -0.39 is 36.1 Å². The van der Waals surface area contributed by atoms with Gasteiger partial charge in [-0.1, -0.05) is 0 Å². The number of hydrogen-bond acceptors (Lipinski definition) is 8. The van der Waals surface area contributed by atoms with Gasteiger partial charge in [-0.3, -0.25) is 14.5 Å². The first-order valence-electron chi connectivity index (χ1n) is 10.7. The first kappa shape index (κ1) is 21.2. The number of nitrogens with one attached hydrogen (secondary N) is 1. The van der Waals surface area contributed by atoms with Crippen molar-refractivity contribution >= 4 is 23.6 Å². The minimum atomic E-state index is -1.14. The summed E-state index contributed by atoms with van der Waals surface area (Å²) in [5, 5.41) is 25.3. The standard InChI is InChI=1S/C20H29N3O7/c1-2-29-20(28)22-21-13-8-14(24)17(25)15-11(13)5-6-12-16(15)19(27)23(18(12)26)9-10-4-3-7-30-10/h10-12,14-17,24-25H,2-9H2,1H3,(H,22,28)/b21-13+/t10-,11+,12+,14+,15-,16+,17+/m0/s1. The number of hydrogen-bond donors (Lipinski definition) is 3. The zero-order valence-electron chi connectivity index (χ0n) is 17.0. The maximum absolute atomic E-state index is 13.2. The molecule has 0 aromatic heterocycles. The Morgan fingerprint density at radius 3 is 2.70 bits per heavy atom. The van der Waals surface area contributed by atoms with Gasteiger partial charge < -0.3 is 19.7 Å². The van der Waals surface area contributed by atoms with E-state index in [9.17, 15) is 24.6 Å². The van der Waals surface area contributed by atoms with Crippen molar-refractivity contribution in [2.75, 3.05) is 19.8 Å². The van der Waals surface area contributed by atoms with Crippen LogP contribution in [0.2, 0.25) is 0 Å². The lowest BCUT2D eigenvalue weighted by Crippen LogP contribution is -2.55. The maximum atomic E-state index is 13.2. The van der Waals surface area contributed by atoms with Gasteiger partial charge in [-0.15, -0.1) is 0 Å². The molecule has 2 aliphatic heterocycles. The lowest BCUT2D eigenvalue weighted by Gasteiger charge is -2.45. The van der Waals surface area contributed by atoms with E-state index in [4.69, 9.17) is 9.47 Å². The molecule has 10 heteroatoms. The van der Waals surface area contributed by atoms with E-state index in [-0.39, 0.29) is 43.4 Å². The third kappa shape index (κ3) is 3.72. The first-order chi connectivity index (χ1) is 14.4. The molecule has 2 aliphatic carbocycles. The van der Waals surface area contributed by atoms with Crippen molar-refractivity contribution in [1.29, 1.82) is 0 Å². The van der Waals surface area contributed by atoms with Crippen LogP contribution in [-0.4, -0.2) is 76.8 Å². The molecule has 0 spiro atoms. The minimum Gasteiger partial charge on any atom is -0.449 e. The van der Waals surface area contributed by atoms with E-state index in [0.717, 1.165) is 12.8 Å². The quantitative estimate of drug-likeness (QED) is 0.428. The highest BCUT2D eigenvalue weighted by molar-refractivity contribution is 6.06. The summed E-state index contributed by atoms with van der Waals surface area (Å²) in [5.74, 6) is -2.64. The number of fused-ring (bicyclic) bond motifs is 3. The normalized spacial score (nSPS) is 39.8. The van der Waals surface area contributed by atoms with E-state index >= 15 is 0 Å². The Bertz CT molecular complexity index is 736. The van der Waals surface area contributed by atoms with Crippen LogP contribution in [0.5, 0.6) is 0 Å². The topological polar surface area (TPSA) is 138 Å². The van der Waals surface area contributed by atoms with Gasteiger partial charge in [0.2, 0.25) is 11.8 Å². The molecule has 7 atom stereocenters. The lowest BCUT2D eigenvalue weighted by molar-refractivity contribution is -0.143.